The lowest BCUT2D eigenvalue weighted by Gasteiger charge is -2.43. The molecule has 0 aromatic carbocycles. The normalized spacial score (nSPS) is 29.5. The zero-order chi connectivity index (χ0) is 11.9. The van der Waals surface area contributed by atoms with Gasteiger partial charge in [-0.15, -0.1) is 0 Å². The van der Waals surface area contributed by atoms with Crippen molar-refractivity contribution >= 4 is 15.9 Å². The SMILES string of the molecule is COC1CC(O)(c2c(Br)cnn2C(C)C)C1. The molecule has 0 aliphatic heterocycles. The van der Waals surface area contributed by atoms with E-state index in [4.69, 9.17) is 4.74 Å². The number of methoxy groups -OCH3 is 1. The van der Waals surface area contributed by atoms with Crippen LogP contribution in [-0.2, 0) is 10.3 Å². The molecule has 1 heterocycles. The molecular formula is C11H17BrN2O2. The predicted molar refractivity (Wildman–Crippen MR) is 64.2 cm³/mol. The average Bonchev–Trinajstić information content (AvgIpc) is 2.55. The van der Waals surface area contributed by atoms with E-state index in [-0.39, 0.29) is 12.1 Å². The van der Waals surface area contributed by atoms with Crippen LogP contribution in [0.5, 0.6) is 0 Å². The van der Waals surface area contributed by atoms with Crippen molar-refractivity contribution in [3.8, 4) is 0 Å². The van der Waals surface area contributed by atoms with Crippen molar-refractivity contribution in [1.29, 1.82) is 0 Å². The van der Waals surface area contributed by atoms with E-state index in [2.05, 4.69) is 34.9 Å². The van der Waals surface area contributed by atoms with Crippen LogP contribution in [0.25, 0.3) is 0 Å². The summed E-state index contributed by atoms with van der Waals surface area (Å²) in [5, 5.41) is 14.8. The topological polar surface area (TPSA) is 47.3 Å². The van der Waals surface area contributed by atoms with E-state index >= 15 is 0 Å². The first kappa shape index (κ1) is 12.1. The lowest BCUT2D eigenvalue weighted by Crippen LogP contribution is -2.47. The summed E-state index contributed by atoms with van der Waals surface area (Å²) in [6.45, 7) is 4.11. The minimum atomic E-state index is -0.791. The Kier molecular flexibility index (Phi) is 3.11. The molecule has 0 atom stereocenters. The molecule has 1 aliphatic rings. The van der Waals surface area contributed by atoms with E-state index < -0.39 is 5.60 Å². The summed E-state index contributed by atoms with van der Waals surface area (Å²) in [4.78, 5) is 0. The van der Waals surface area contributed by atoms with Crippen molar-refractivity contribution in [2.75, 3.05) is 7.11 Å². The van der Waals surface area contributed by atoms with Gasteiger partial charge in [-0.3, -0.25) is 4.68 Å². The molecule has 2 rings (SSSR count). The highest BCUT2D eigenvalue weighted by Gasteiger charge is 2.47. The average molecular weight is 289 g/mol. The Bertz CT molecular complexity index is 383. The molecule has 1 saturated carbocycles. The third kappa shape index (κ3) is 1.81. The fraction of sp³-hybridized carbons (Fsp3) is 0.727. The van der Waals surface area contributed by atoms with E-state index in [1.165, 1.54) is 0 Å². The maximum atomic E-state index is 10.5. The highest BCUT2D eigenvalue weighted by molar-refractivity contribution is 9.10. The minimum absolute atomic E-state index is 0.160. The summed E-state index contributed by atoms with van der Waals surface area (Å²) in [5.74, 6) is 0. The standard InChI is InChI=1S/C11H17BrN2O2/c1-7(2)14-10(9(12)6-13-14)11(15)4-8(5-11)16-3/h6-8,15H,4-5H2,1-3H3. The van der Waals surface area contributed by atoms with E-state index in [0.717, 1.165) is 10.2 Å². The fourth-order valence-electron chi connectivity index (χ4n) is 2.22. The van der Waals surface area contributed by atoms with E-state index in [0.29, 0.717) is 12.8 Å². The minimum Gasteiger partial charge on any atom is -0.383 e. The first-order chi connectivity index (χ1) is 7.48. The van der Waals surface area contributed by atoms with Crippen LogP contribution in [0.2, 0.25) is 0 Å². The highest BCUT2D eigenvalue weighted by Crippen LogP contribution is 2.45. The van der Waals surface area contributed by atoms with Gasteiger partial charge >= 0.3 is 0 Å². The van der Waals surface area contributed by atoms with Gasteiger partial charge in [-0.1, -0.05) is 0 Å². The van der Waals surface area contributed by atoms with Crippen LogP contribution in [0, 0.1) is 0 Å². The van der Waals surface area contributed by atoms with Crippen molar-refractivity contribution in [3.63, 3.8) is 0 Å². The van der Waals surface area contributed by atoms with Gasteiger partial charge in [0, 0.05) is 26.0 Å². The maximum Gasteiger partial charge on any atom is 0.112 e. The second-order valence-corrected chi connectivity index (χ2v) is 5.53. The molecule has 0 bridgehead atoms. The number of nitrogens with zero attached hydrogens (tertiary/aromatic N) is 2. The molecule has 1 aromatic rings. The molecule has 5 heteroatoms. The smallest absolute Gasteiger partial charge is 0.112 e. The Hall–Kier alpha value is -0.390. The Morgan fingerprint density at radius 1 is 1.62 bits per heavy atom. The zero-order valence-corrected chi connectivity index (χ0v) is 11.4. The van der Waals surface area contributed by atoms with Crippen molar-refractivity contribution in [3.05, 3.63) is 16.4 Å². The molecule has 1 aromatic heterocycles. The number of aliphatic hydroxyl groups is 1. The van der Waals surface area contributed by atoms with Gasteiger partial charge in [0.05, 0.1) is 22.5 Å². The number of hydrogen-bond donors (Lipinski definition) is 1. The van der Waals surface area contributed by atoms with Crippen molar-refractivity contribution in [2.24, 2.45) is 0 Å². The van der Waals surface area contributed by atoms with Crippen LogP contribution < -0.4 is 0 Å². The molecule has 0 spiro atoms. The molecule has 90 valence electrons. The summed E-state index contributed by atoms with van der Waals surface area (Å²) in [6, 6.07) is 0.243. The summed E-state index contributed by atoms with van der Waals surface area (Å²) in [5.41, 5.74) is 0.0797. The van der Waals surface area contributed by atoms with Gasteiger partial charge in [0.1, 0.15) is 5.60 Å². The van der Waals surface area contributed by atoms with Gasteiger partial charge in [0.2, 0.25) is 0 Å². The predicted octanol–water partition coefficient (Wildman–Crippen LogP) is 2.22. The maximum absolute atomic E-state index is 10.5. The lowest BCUT2D eigenvalue weighted by atomic mass is 9.75. The number of halogens is 1. The number of rotatable bonds is 3. The molecule has 1 aliphatic carbocycles. The molecule has 0 radical (unpaired) electrons. The Labute approximate surface area is 104 Å². The first-order valence-electron chi connectivity index (χ1n) is 5.46. The monoisotopic (exact) mass is 288 g/mol. The zero-order valence-electron chi connectivity index (χ0n) is 9.77. The molecule has 1 N–H and O–H groups in total. The molecule has 0 unspecified atom stereocenters. The quantitative estimate of drug-likeness (QED) is 0.928. The Morgan fingerprint density at radius 2 is 2.25 bits per heavy atom. The summed E-state index contributed by atoms with van der Waals surface area (Å²) < 4.78 is 7.96. The van der Waals surface area contributed by atoms with Gasteiger partial charge in [0.25, 0.3) is 0 Å². The van der Waals surface area contributed by atoms with Gasteiger partial charge in [-0.25, -0.2) is 0 Å². The van der Waals surface area contributed by atoms with Gasteiger partial charge in [0.15, 0.2) is 0 Å². The summed E-state index contributed by atoms with van der Waals surface area (Å²) in [7, 11) is 1.68. The van der Waals surface area contributed by atoms with Crippen molar-refractivity contribution in [1.82, 2.24) is 9.78 Å². The number of ether oxygens (including phenoxy) is 1. The highest BCUT2D eigenvalue weighted by atomic mass is 79.9. The first-order valence-corrected chi connectivity index (χ1v) is 6.26. The summed E-state index contributed by atoms with van der Waals surface area (Å²) in [6.07, 6.45) is 3.18. The van der Waals surface area contributed by atoms with Gasteiger partial charge in [-0.05, 0) is 29.8 Å². The largest absolute Gasteiger partial charge is 0.383 e. The molecule has 1 fully saturated rings. The molecular weight excluding hydrogens is 272 g/mol. The van der Waals surface area contributed by atoms with Crippen molar-refractivity contribution < 1.29 is 9.84 Å². The molecule has 0 saturated heterocycles. The van der Waals surface area contributed by atoms with Crippen molar-refractivity contribution in [2.45, 2.75) is 44.4 Å². The second-order valence-electron chi connectivity index (χ2n) is 4.68. The number of hydrogen-bond acceptors (Lipinski definition) is 3. The lowest BCUT2D eigenvalue weighted by molar-refractivity contribution is -0.138. The number of aromatic nitrogens is 2. The summed E-state index contributed by atoms with van der Waals surface area (Å²) >= 11 is 3.45. The fourth-order valence-corrected chi connectivity index (χ4v) is 2.86. The third-order valence-electron chi connectivity index (χ3n) is 3.14. The van der Waals surface area contributed by atoms with E-state index in [1.54, 1.807) is 13.3 Å². The molecule has 4 nitrogen and oxygen atoms in total. The van der Waals surface area contributed by atoms with Crippen LogP contribution in [0.4, 0.5) is 0 Å². The van der Waals surface area contributed by atoms with E-state index in [1.807, 2.05) is 4.68 Å². The van der Waals surface area contributed by atoms with Crippen LogP contribution in [0.1, 0.15) is 38.4 Å². The van der Waals surface area contributed by atoms with Gasteiger partial charge < -0.3 is 9.84 Å². The van der Waals surface area contributed by atoms with Crippen LogP contribution in [0.15, 0.2) is 10.7 Å². The van der Waals surface area contributed by atoms with Gasteiger partial charge in [-0.2, -0.15) is 5.10 Å². The van der Waals surface area contributed by atoms with Crippen LogP contribution in [-0.4, -0.2) is 28.1 Å². The molecule has 0 amide bonds. The third-order valence-corrected chi connectivity index (χ3v) is 3.73. The second kappa shape index (κ2) is 4.13. The van der Waals surface area contributed by atoms with Crippen LogP contribution in [0.3, 0.4) is 0 Å². The molecule has 16 heavy (non-hydrogen) atoms. The Morgan fingerprint density at radius 3 is 2.75 bits per heavy atom. The van der Waals surface area contributed by atoms with E-state index in [9.17, 15) is 5.11 Å². The van der Waals surface area contributed by atoms with Crippen LogP contribution >= 0.6 is 15.9 Å². The Balaban J connectivity index is 2.30.